The second-order valence-corrected chi connectivity index (χ2v) is 4.42. The summed E-state index contributed by atoms with van der Waals surface area (Å²) >= 11 is 0. The van der Waals surface area contributed by atoms with Crippen molar-refractivity contribution in [3.8, 4) is 5.75 Å². The van der Waals surface area contributed by atoms with Crippen molar-refractivity contribution in [3.05, 3.63) is 24.0 Å². The van der Waals surface area contributed by atoms with E-state index in [-0.39, 0.29) is 23.3 Å². The van der Waals surface area contributed by atoms with Crippen LogP contribution in [0.5, 0.6) is 5.75 Å². The molecule has 0 saturated heterocycles. The molecule has 1 amide bonds. The van der Waals surface area contributed by atoms with E-state index < -0.39 is 12.5 Å². The molecule has 0 radical (unpaired) electrons. The summed E-state index contributed by atoms with van der Waals surface area (Å²) in [7, 11) is 0. The maximum absolute atomic E-state index is 11.8. The summed E-state index contributed by atoms with van der Waals surface area (Å²) in [6, 6.07) is 1.45. The number of carbonyl (C=O) groups excluding carboxylic acids is 1. The second kappa shape index (κ2) is 7.91. The van der Waals surface area contributed by atoms with Gasteiger partial charge in [-0.15, -0.1) is 0 Å². The lowest BCUT2D eigenvalue weighted by atomic mass is 10.3. The van der Waals surface area contributed by atoms with Crippen molar-refractivity contribution in [1.29, 1.82) is 0 Å². The highest BCUT2D eigenvalue weighted by Crippen LogP contribution is 2.26. The van der Waals surface area contributed by atoms with E-state index in [2.05, 4.69) is 15.3 Å². The number of hydrogen-bond donors (Lipinski definition) is 3. The van der Waals surface area contributed by atoms with E-state index in [1.165, 1.54) is 12.3 Å². The molecule has 0 spiro atoms. The zero-order chi connectivity index (χ0) is 16.7. The topological polar surface area (TPSA) is 116 Å². The summed E-state index contributed by atoms with van der Waals surface area (Å²) in [5.41, 5.74) is 11.0. The van der Waals surface area contributed by atoms with Crippen LogP contribution in [0.15, 0.2) is 29.0 Å². The van der Waals surface area contributed by atoms with Gasteiger partial charge in [0.1, 0.15) is 17.3 Å². The van der Waals surface area contributed by atoms with E-state index in [0.717, 1.165) is 12.3 Å². The normalized spacial score (nSPS) is 12.2. The number of pyridine rings is 1. The number of rotatable bonds is 6. The average molecular weight is 313 g/mol. The first-order valence-corrected chi connectivity index (χ1v) is 6.30. The van der Waals surface area contributed by atoms with Gasteiger partial charge in [0.25, 0.3) is 5.91 Å². The maximum atomic E-state index is 11.8. The third-order valence-corrected chi connectivity index (χ3v) is 2.21. The molecule has 0 aromatic carbocycles. The zero-order valence-corrected chi connectivity index (χ0v) is 12.1. The fraction of sp³-hybridized carbons (Fsp3) is 0.308. The molecule has 1 heterocycles. The molecule has 120 valence electrons. The molecule has 0 aliphatic rings. The monoisotopic (exact) mass is 313 g/mol. The van der Waals surface area contributed by atoms with Crippen molar-refractivity contribution >= 4 is 23.6 Å². The van der Waals surface area contributed by atoms with Crippen LogP contribution in [-0.4, -0.2) is 29.8 Å². The van der Waals surface area contributed by atoms with Crippen molar-refractivity contribution < 1.29 is 18.3 Å². The van der Waals surface area contributed by atoms with Crippen LogP contribution in [0.3, 0.4) is 0 Å². The Labute approximate surface area is 126 Å². The predicted molar refractivity (Wildman–Crippen MR) is 79.8 cm³/mol. The van der Waals surface area contributed by atoms with Gasteiger partial charge in [-0.05, 0) is 19.9 Å². The van der Waals surface area contributed by atoms with Gasteiger partial charge in [0.05, 0.1) is 18.0 Å². The highest BCUT2D eigenvalue weighted by molar-refractivity contribution is 6.05. The summed E-state index contributed by atoms with van der Waals surface area (Å²) in [5.74, 6) is -0.160. The number of aromatic nitrogens is 1. The molecule has 1 aromatic heterocycles. The van der Waals surface area contributed by atoms with E-state index in [9.17, 15) is 13.6 Å². The Morgan fingerprint density at radius 1 is 1.50 bits per heavy atom. The first kappa shape index (κ1) is 17.3. The van der Waals surface area contributed by atoms with Gasteiger partial charge in [-0.1, -0.05) is 0 Å². The summed E-state index contributed by atoms with van der Waals surface area (Å²) < 4.78 is 29.2. The summed E-state index contributed by atoms with van der Waals surface area (Å²) in [5, 5.41) is 2.46. The summed E-state index contributed by atoms with van der Waals surface area (Å²) in [4.78, 5) is 18.5. The largest absolute Gasteiger partial charge is 0.489 e. The molecule has 9 heteroatoms. The van der Waals surface area contributed by atoms with Gasteiger partial charge in [-0.3, -0.25) is 4.79 Å². The number of aliphatic imine (C=N–C) groups is 1. The highest BCUT2D eigenvalue weighted by Gasteiger charge is 2.12. The SMILES string of the molecule is CC(C)Oc1cc(N)ncc1NC(=O)C(N)=CC=NC(F)F. The molecule has 0 bridgehead atoms. The Morgan fingerprint density at radius 2 is 2.18 bits per heavy atom. The number of nitrogens with zero attached hydrogens (tertiary/aromatic N) is 2. The number of allylic oxidation sites excluding steroid dienone is 1. The maximum Gasteiger partial charge on any atom is 0.331 e. The minimum absolute atomic E-state index is 0.150. The minimum atomic E-state index is -2.86. The molecule has 1 aromatic rings. The Hall–Kier alpha value is -2.71. The lowest BCUT2D eigenvalue weighted by Gasteiger charge is -2.15. The highest BCUT2D eigenvalue weighted by atomic mass is 19.3. The number of nitrogen functional groups attached to an aromatic ring is 1. The van der Waals surface area contributed by atoms with Crippen LogP contribution in [0.1, 0.15) is 13.8 Å². The van der Waals surface area contributed by atoms with Crippen LogP contribution in [0, 0.1) is 0 Å². The lowest BCUT2D eigenvalue weighted by Crippen LogP contribution is -2.21. The van der Waals surface area contributed by atoms with Gasteiger partial charge in [-0.25, -0.2) is 9.98 Å². The van der Waals surface area contributed by atoms with E-state index in [0.29, 0.717) is 5.75 Å². The molecular weight excluding hydrogens is 296 g/mol. The first-order chi connectivity index (χ1) is 10.3. The van der Waals surface area contributed by atoms with Gasteiger partial charge < -0.3 is 21.5 Å². The average Bonchev–Trinajstić information content (AvgIpc) is 2.40. The standard InChI is InChI=1S/C13H17F2N5O2/c1-7(2)22-10-5-11(17)19-6-9(10)20-12(21)8(16)3-4-18-13(14)15/h3-7,13H,16H2,1-2H3,(H2,17,19)(H,20,21). The van der Waals surface area contributed by atoms with Gasteiger partial charge in [-0.2, -0.15) is 8.78 Å². The molecule has 5 N–H and O–H groups in total. The van der Waals surface area contributed by atoms with E-state index in [1.807, 2.05) is 0 Å². The number of nitrogens with one attached hydrogen (secondary N) is 1. The fourth-order valence-electron chi connectivity index (χ4n) is 1.36. The summed E-state index contributed by atoms with van der Waals surface area (Å²) in [6.45, 7) is 0.744. The van der Waals surface area contributed by atoms with Gasteiger partial charge in [0.15, 0.2) is 0 Å². The van der Waals surface area contributed by atoms with Crippen molar-refractivity contribution in [2.45, 2.75) is 26.5 Å². The Kier molecular flexibility index (Phi) is 6.24. The molecule has 0 saturated carbocycles. The van der Waals surface area contributed by atoms with Gasteiger partial charge in [0.2, 0.25) is 0 Å². The van der Waals surface area contributed by atoms with Crippen LogP contribution < -0.4 is 21.5 Å². The third kappa shape index (κ3) is 5.73. The van der Waals surface area contributed by atoms with E-state index >= 15 is 0 Å². The number of halogens is 2. The van der Waals surface area contributed by atoms with Crippen molar-refractivity contribution in [2.24, 2.45) is 10.7 Å². The molecule has 0 fully saturated rings. The molecule has 22 heavy (non-hydrogen) atoms. The van der Waals surface area contributed by atoms with Crippen molar-refractivity contribution in [2.75, 3.05) is 11.1 Å². The quantitative estimate of drug-likeness (QED) is 0.418. The van der Waals surface area contributed by atoms with Crippen LogP contribution in [0.25, 0.3) is 0 Å². The molecule has 0 aliphatic carbocycles. The predicted octanol–water partition coefficient (Wildman–Crippen LogP) is 1.53. The molecule has 7 nitrogen and oxygen atoms in total. The van der Waals surface area contributed by atoms with Crippen LogP contribution >= 0.6 is 0 Å². The molecule has 0 unspecified atom stereocenters. The fourth-order valence-corrected chi connectivity index (χ4v) is 1.36. The number of hydrogen-bond acceptors (Lipinski definition) is 6. The smallest absolute Gasteiger partial charge is 0.331 e. The Morgan fingerprint density at radius 3 is 2.77 bits per heavy atom. The lowest BCUT2D eigenvalue weighted by molar-refractivity contribution is -0.112. The van der Waals surface area contributed by atoms with Crippen LogP contribution in [0.2, 0.25) is 0 Å². The number of amides is 1. The van der Waals surface area contributed by atoms with Gasteiger partial charge >= 0.3 is 6.55 Å². The van der Waals surface area contributed by atoms with Crippen molar-refractivity contribution in [1.82, 2.24) is 4.98 Å². The Bertz CT molecular complexity index is 588. The number of carbonyl (C=O) groups is 1. The van der Waals surface area contributed by atoms with E-state index in [1.54, 1.807) is 13.8 Å². The zero-order valence-electron chi connectivity index (χ0n) is 12.1. The third-order valence-electron chi connectivity index (χ3n) is 2.21. The number of alkyl halides is 2. The van der Waals surface area contributed by atoms with Gasteiger partial charge in [0, 0.05) is 12.3 Å². The van der Waals surface area contributed by atoms with Crippen molar-refractivity contribution in [3.63, 3.8) is 0 Å². The minimum Gasteiger partial charge on any atom is -0.489 e. The number of ether oxygens (including phenoxy) is 1. The number of nitrogens with two attached hydrogens (primary N) is 2. The second-order valence-electron chi connectivity index (χ2n) is 4.42. The molecule has 1 rings (SSSR count). The van der Waals surface area contributed by atoms with Crippen LogP contribution in [-0.2, 0) is 4.79 Å². The first-order valence-electron chi connectivity index (χ1n) is 6.30. The molecule has 0 aliphatic heterocycles. The summed E-state index contributed by atoms with van der Waals surface area (Å²) in [6.07, 6.45) is 2.89. The number of anilines is 2. The van der Waals surface area contributed by atoms with Crippen LogP contribution in [0.4, 0.5) is 20.3 Å². The Balaban J connectivity index is 2.87. The van der Waals surface area contributed by atoms with E-state index in [4.69, 9.17) is 16.2 Å². The molecule has 0 atom stereocenters. The molecular formula is C13H17F2N5O2.